The molecule has 2 aromatic carbocycles. The Labute approximate surface area is 203 Å². The quantitative estimate of drug-likeness (QED) is 0.385. The fraction of sp³-hybridized carbons (Fsp3) is 0.269. The van der Waals surface area contributed by atoms with Crippen LogP contribution in [0.2, 0.25) is 0 Å². The Balaban J connectivity index is 1.83. The summed E-state index contributed by atoms with van der Waals surface area (Å²) in [4.78, 5) is 41.9. The van der Waals surface area contributed by atoms with E-state index in [2.05, 4.69) is 6.07 Å². The Morgan fingerprint density at radius 1 is 1.11 bits per heavy atom. The lowest BCUT2D eigenvalue weighted by Gasteiger charge is -2.24. The third-order valence-electron chi connectivity index (χ3n) is 5.92. The fourth-order valence-electron chi connectivity index (χ4n) is 4.05. The Kier molecular flexibility index (Phi) is 7.66. The van der Waals surface area contributed by atoms with Gasteiger partial charge in [0.1, 0.15) is 11.8 Å². The smallest absolute Gasteiger partial charge is 0.335 e. The molecule has 0 radical (unpaired) electrons. The van der Waals surface area contributed by atoms with Crippen molar-refractivity contribution in [2.24, 2.45) is 0 Å². The molecule has 1 amide bonds. The van der Waals surface area contributed by atoms with E-state index >= 15 is 0 Å². The number of hydrogen-bond acceptors (Lipinski definition) is 6. The van der Waals surface area contributed by atoms with Gasteiger partial charge in [0.25, 0.3) is 0 Å². The summed E-state index contributed by atoms with van der Waals surface area (Å²) in [6.07, 6.45) is 0.120. The Bertz CT molecular complexity index is 1290. The van der Waals surface area contributed by atoms with Crippen LogP contribution in [0, 0.1) is 35.3 Å². The number of benzene rings is 2. The summed E-state index contributed by atoms with van der Waals surface area (Å²) in [7, 11) is 0. The molecule has 1 N–H and O–H groups in total. The monoisotopic (exact) mass is 474 g/mol. The first-order chi connectivity index (χ1) is 16.7. The van der Waals surface area contributed by atoms with Crippen molar-refractivity contribution in [1.82, 2.24) is 10.0 Å². The predicted octanol–water partition coefficient (Wildman–Crippen LogP) is 4.21. The van der Waals surface area contributed by atoms with Crippen LogP contribution in [-0.4, -0.2) is 26.9 Å². The van der Waals surface area contributed by atoms with E-state index in [1.807, 2.05) is 18.5 Å². The van der Waals surface area contributed by atoms with Gasteiger partial charge in [-0.15, -0.1) is 0 Å². The van der Waals surface area contributed by atoms with Crippen LogP contribution in [0.15, 0.2) is 60.7 Å². The first kappa shape index (κ1) is 25.2. The second-order valence-corrected chi connectivity index (χ2v) is 8.32. The van der Waals surface area contributed by atoms with E-state index in [-0.39, 0.29) is 18.4 Å². The lowest BCUT2D eigenvalue weighted by atomic mass is 9.86. The van der Waals surface area contributed by atoms with Gasteiger partial charge in [0.05, 0.1) is 12.0 Å². The van der Waals surface area contributed by atoms with Crippen molar-refractivity contribution in [1.29, 1.82) is 5.26 Å². The molecule has 1 aromatic heterocycles. The number of amides is 1. The molecule has 9 nitrogen and oxygen atoms in total. The Morgan fingerprint density at radius 3 is 2.40 bits per heavy atom. The van der Waals surface area contributed by atoms with Crippen LogP contribution in [-0.2, 0) is 16.1 Å². The van der Waals surface area contributed by atoms with Crippen LogP contribution < -0.4 is 5.48 Å². The number of carbonyl (C=O) groups is 2. The molecule has 180 valence electrons. The molecule has 0 spiro atoms. The number of nitro groups is 1. The average Bonchev–Trinajstić information content (AvgIpc) is 3.23. The van der Waals surface area contributed by atoms with E-state index in [0.717, 1.165) is 11.4 Å². The number of carbonyl (C=O) groups excluding carboxylic acids is 2. The highest BCUT2D eigenvalue weighted by molar-refractivity contribution is 5.92. The largest absolute Gasteiger partial charge is 0.363 e. The summed E-state index contributed by atoms with van der Waals surface area (Å²) in [5.41, 5.74) is 3.53. The normalized spacial score (nSPS) is 12.3. The van der Waals surface area contributed by atoms with Crippen molar-refractivity contribution in [3.8, 4) is 11.8 Å². The van der Waals surface area contributed by atoms with Gasteiger partial charge in [-0.05, 0) is 61.7 Å². The zero-order valence-corrected chi connectivity index (χ0v) is 19.8. The van der Waals surface area contributed by atoms with Gasteiger partial charge in [-0.1, -0.05) is 37.3 Å². The van der Waals surface area contributed by atoms with Gasteiger partial charge in [-0.3, -0.25) is 14.9 Å². The second kappa shape index (κ2) is 10.7. The highest BCUT2D eigenvalue weighted by atomic mass is 16.7. The summed E-state index contributed by atoms with van der Waals surface area (Å²) < 4.78 is 1.77. The number of aromatic nitrogens is 1. The second-order valence-electron chi connectivity index (χ2n) is 8.32. The maximum atomic E-state index is 13.0. The molecular formula is C26H26N4O5. The van der Waals surface area contributed by atoms with Crippen LogP contribution in [0.1, 0.15) is 52.6 Å². The maximum Gasteiger partial charge on any atom is 0.363 e. The maximum absolute atomic E-state index is 13.0. The van der Waals surface area contributed by atoms with E-state index in [9.17, 15) is 25.0 Å². The number of nitrogens with zero attached hydrogens (tertiary/aromatic N) is 3. The molecule has 9 heteroatoms. The molecule has 1 unspecified atom stereocenters. The molecule has 0 aliphatic heterocycles. The number of nitrogens with one attached hydrogen (secondary N) is 1. The standard InChI is InChI=1S/C26H26N4O5/c1-4-15-26(30(33)34,25(32)28-35-24(31)23-8-6-5-7-18(23)2)16-20-10-13-21(14-11-20)29-19(3)9-12-22(29)17-27/h5-14H,4,15-16H2,1-3H3,(H,28,32). The lowest BCUT2D eigenvalue weighted by Crippen LogP contribution is -2.54. The van der Waals surface area contributed by atoms with Gasteiger partial charge in [-0.2, -0.15) is 10.7 Å². The Morgan fingerprint density at radius 2 is 1.80 bits per heavy atom. The van der Waals surface area contributed by atoms with Gasteiger partial charge in [0.2, 0.25) is 0 Å². The minimum atomic E-state index is -2.02. The first-order valence-corrected chi connectivity index (χ1v) is 11.1. The summed E-state index contributed by atoms with van der Waals surface area (Å²) in [6.45, 7) is 5.33. The third kappa shape index (κ3) is 5.22. The van der Waals surface area contributed by atoms with Crippen molar-refractivity contribution >= 4 is 11.9 Å². The van der Waals surface area contributed by atoms with Crippen LogP contribution in [0.3, 0.4) is 0 Å². The fourth-order valence-corrected chi connectivity index (χ4v) is 4.05. The van der Waals surface area contributed by atoms with E-state index < -0.39 is 22.3 Å². The molecule has 0 fully saturated rings. The number of nitriles is 1. The molecule has 35 heavy (non-hydrogen) atoms. The number of rotatable bonds is 8. The lowest BCUT2D eigenvalue weighted by molar-refractivity contribution is -0.554. The van der Waals surface area contributed by atoms with Gasteiger partial charge >= 0.3 is 17.4 Å². The molecule has 0 aliphatic carbocycles. The minimum Gasteiger partial charge on any atom is -0.335 e. The van der Waals surface area contributed by atoms with Gasteiger partial charge in [-0.25, -0.2) is 4.79 Å². The Hall–Kier alpha value is -4.45. The van der Waals surface area contributed by atoms with E-state index in [1.165, 1.54) is 0 Å². The number of hydrogen-bond donors (Lipinski definition) is 1. The van der Waals surface area contributed by atoms with Crippen LogP contribution >= 0.6 is 0 Å². The molecule has 3 aromatic rings. The van der Waals surface area contributed by atoms with Crippen LogP contribution in [0.25, 0.3) is 5.69 Å². The molecular weight excluding hydrogens is 448 g/mol. The zero-order valence-electron chi connectivity index (χ0n) is 19.8. The predicted molar refractivity (Wildman–Crippen MR) is 128 cm³/mol. The summed E-state index contributed by atoms with van der Waals surface area (Å²) in [5.74, 6) is -1.80. The molecule has 0 bridgehead atoms. The summed E-state index contributed by atoms with van der Waals surface area (Å²) in [6, 6.07) is 19.2. The third-order valence-corrected chi connectivity index (χ3v) is 5.92. The topological polar surface area (TPSA) is 127 Å². The highest BCUT2D eigenvalue weighted by Crippen LogP contribution is 2.25. The van der Waals surface area contributed by atoms with Gasteiger partial charge in [0, 0.05) is 22.7 Å². The van der Waals surface area contributed by atoms with Crippen molar-refractivity contribution < 1.29 is 19.3 Å². The molecule has 3 rings (SSSR count). The molecule has 0 saturated carbocycles. The van der Waals surface area contributed by atoms with Crippen LogP contribution in [0.5, 0.6) is 0 Å². The van der Waals surface area contributed by atoms with E-state index in [0.29, 0.717) is 23.2 Å². The number of aryl methyl sites for hydroxylation is 2. The molecule has 1 atom stereocenters. The zero-order chi connectivity index (χ0) is 25.6. The molecule has 1 heterocycles. The van der Waals surface area contributed by atoms with E-state index in [4.69, 9.17) is 4.84 Å². The SMILES string of the molecule is CCCC(Cc1ccc(-n2c(C)ccc2C#N)cc1)(C(=O)NOC(=O)c1ccccc1C)[N+](=O)[O-]. The average molecular weight is 475 g/mol. The van der Waals surface area contributed by atoms with Gasteiger partial charge in [0.15, 0.2) is 0 Å². The van der Waals surface area contributed by atoms with Crippen molar-refractivity contribution in [2.75, 3.05) is 0 Å². The summed E-state index contributed by atoms with van der Waals surface area (Å²) >= 11 is 0. The highest BCUT2D eigenvalue weighted by Gasteiger charge is 2.51. The first-order valence-electron chi connectivity index (χ1n) is 11.1. The van der Waals surface area contributed by atoms with E-state index in [1.54, 1.807) is 73.0 Å². The van der Waals surface area contributed by atoms with Gasteiger partial charge < -0.3 is 9.40 Å². The minimum absolute atomic E-state index is 0.0508. The summed E-state index contributed by atoms with van der Waals surface area (Å²) in [5, 5.41) is 21.5. The van der Waals surface area contributed by atoms with Crippen molar-refractivity contribution in [2.45, 2.75) is 45.6 Å². The number of hydroxylamine groups is 1. The van der Waals surface area contributed by atoms with Crippen LogP contribution in [0.4, 0.5) is 0 Å². The van der Waals surface area contributed by atoms with Crippen molar-refractivity contribution in [3.05, 3.63) is 98.9 Å². The molecule has 0 aliphatic rings. The molecule has 0 saturated heterocycles. The van der Waals surface area contributed by atoms with Crippen molar-refractivity contribution in [3.63, 3.8) is 0 Å².